The second-order valence-electron chi connectivity index (χ2n) is 6.60. The molecular formula is C21H19ClFNO5. The smallest absolute Gasteiger partial charge is 0.341 e. The van der Waals surface area contributed by atoms with Crippen molar-refractivity contribution < 1.29 is 24.1 Å². The van der Waals surface area contributed by atoms with Crippen molar-refractivity contribution in [3.63, 3.8) is 0 Å². The van der Waals surface area contributed by atoms with E-state index in [2.05, 4.69) is 0 Å². The van der Waals surface area contributed by atoms with E-state index in [0.29, 0.717) is 11.3 Å². The molecule has 1 heterocycles. The van der Waals surface area contributed by atoms with Crippen molar-refractivity contribution in [2.75, 3.05) is 13.7 Å². The number of carboxylic acid groups (broad SMARTS) is 1. The average molecular weight is 420 g/mol. The minimum atomic E-state index is -1.43. The van der Waals surface area contributed by atoms with E-state index in [-0.39, 0.29) is 34.7 Å². The number of hydrogen-bond acceptors (Lipinski definition) is 4. The summed E-state index contributed by atoms with van der Waals surface area (Å²) in [5, 5.41) is 19.6. The monoisotopic (exact) mass is 419 g/mol. The zero-order chi connectivity index (χ0) is 21.3. The lowest BCUT2D eigenvalue weighted by Crippen LogP contribution is -2.27. The molecule has 1 atom stereocenters. The van der Waals surface area contributed by atoms with Crippen LogP contribution in [0.1, 0.15) is 34.6 Å². The summed E-state index contributed by atoms with van der Waals surface area (Å²) in [7, 11) is 1.43. The number of ether oxygens (including phenoxy) is 1. The van der Waals surface area contributed by atoms with Gasteiger partial charge in [-0.15, -0.1) is 0 Å². The number of halogens is 2. The van der Waals surface area contributed by atoms with Gasteiger partial charge in [0.25, 0.3) is 0 Å². The van der Waals surface area contributed by atoms with Gasteiger partial charge in [-0.2, -0.15) is 0 Å². The van der Waals surface area contributed by atoms with Gasteiger partial charge in [0.15, 0.2) is 0 Å². The summed E-state index contributed by atoms with van der Waals surface area (Å²) in [5.41, 5.74) is -0.658. The Kier molecular flexibility index (Phi) is 5.91. The molecule has 0 radical (unpaired) electrons. The molecule has 0 bridgehead atoms. The molecule has 3 aromatic rings. The van der Waals surface area contributed by atoms with E-state index in [4.69, 9.17) is 16.3 Å². The summed E-state index contributed by atoms with van der Waals surface area (Å²) < 4.78 is 21.5. The van der Waals surface area contributed by atoms with Crippen LogP contribution in [0.2, 0.25) is 5.02 Å². The molecular weight excluding hydrogens is 401 g/mol. The van der Waals surface area contributed by atoms with Gasteiger partial charge in [0, 0.05) is 12.1 Å². The van der Waals surface area contributed by atoms with Crippen LogP contribution in [-0.2, 0) is 6.42 Å². The van der Waals surface area contributed by atoms with Crippen LogP contribution in [0.4, 0.5) is 4.39 Å². The number of pyridine rings is 1. The third-order valence-corrected chi connectivity index (χ3v) is 5.11. The van der Waals surface area contributed by atoms with E-state index in [1.807, 2.05) is 0 Å². The molecule has 0 spiro atoms. The van der Waals surface area contributed by atoms with Gasteiger partial charge in [-0.25, -0.2) is 9.18 Å². The minimum Gasteiger partial charge on any atom is -0.495 e. The molecule has 0 fully saturated rings. The van der Waals surface area contributed by atoms with Crippen LogP contribution in [0, 0.1) is 5.82 Å². The number of nitrogens with zero attached hydrogens (tertiary/aromatic N) is 1. The minimum absolute atomic E-state index is 0.0576. The number of carbonyl (C=O) groups is 1. The lowest BCUT2D eigenvalue weighted by Gasteiger charge is -2.25. The maximum absolute atomic E-state index is 14.6. The number of hydrogen-bond donors (Lipinski definition) is 2. The van der Waals surface area contributed by atoms with Crippen molar-refractivity contribution >= 4 is 28.5 Å². The second kappa shape index (κ2) is 8.23. The van der Waals surface area contributed by atoms with Gasteiger partial charge in [-0.05, 0) is 30.7 Å². The highest BCUT2D eigenvalue weighted by molar-refractivity contribution is 6.30. The molecule has 0 aliphatic heterocycles. The van der Waals surface area contributed by atoms with E-state index in [1.54, 1.807) is 25.1 Å². The quantitative estimate of drug-likeness (QED) is 0.636. The number of aromatic carboxylic acids is 1. The fraction of sp³-hybridized carbons (Fsp3) is 0.238. The predicted octanol–water partition coefficient (Wildman–Crippen LogP) is 3.64. The van der Waals surface area contributed by atoms with Crippen molar-refractivity contribution in [1.29, 1.82) is 0 Å². The Morgan fingerprint density at radius 1 is 1.28 bits per heavy atom. The molecule has 0 amide bonds. The van der Waals surface area contributed by atoms with E-state index < -0.39 is 28.8 Å². The van der Waals surface area contributed by atoms with Crippen LogP contribution in [0.15, 0.2) is 41.2 Å². The van der Waals surface area contributed by atoms with E-state index in [9.17, 15) is 24.2 Å². The highest BCUT2D eigenvalue weighted by Gasteiger charge is 2.26. The summed E-state index contributed by atoms with van der Waals surface area (Å²) in [6, 6.07) is 8.50. The Bertz CT molecular complexity index is 1160. The summed E-state index contributed by atoms with van der Waals surface area (Å²) in [5.74, 6) is -1.79. The molecule has 0 aliphatic carbocycles. The normalized spacial score (nSPS) is 12.2. The fourth-order valence-corrected chi connectivity index (χ4v) is 3.66. The molecule has 0 saturated heterocycles. The average Bonchev–Trinajstić information content (AvgIpc) is 2.70. The number of carboxylic acids is 1. The Morgan fingerprint density at radius 2 is 1.97 bits per heavy atom. The fourth-order valence-electron chi connectivity index (χ4n) is 3.47. The molecule has 1 unspecified atom stereocenters. The molecule has 0 aliphatic rings. The van der Waals surface area contributed by atoms with Crippen LogP contribution >= 0.6 is 11.6 Å². The van der Waals surface area contributed by atoms with Crippen molar-refractivity contribution in [2.45, 2.75) is 19.4 Å². The van der Waals surface area contributed by atoms with Crippen molar-refractivity contribution in [1.82, 2.24) is 4.57 Å². The van der Waals surface area contributed by atoms with Gasteiger partial charge in [0.1, 0.15) is 17.1 Å². The van der Waals surface area contributed by atoms with Crippen molar-refractivity contribution in [3.05, 3.63) is 74.3 Å². The predicted molar refractivity (Wildman–Crippen MR) is 108 cm³/mol. The molecule has 2 aromatic carbocycles. The molecule has 29 heavy (non-hydrogen) atoms. The standard InChI is InChI=1S/C21H19ClFNO5/c1-11(10-25)24-15(9-12-5-3-7-14(22)18(12)23)17(21(27)28)20(26)13-6-4-8-16(29-2)19(13)24/h3-8,11,25H,9-10H2,1-2H3,(H,27,28). The third kappa shape index (κ3) is 3.59. The summed E-state index contributed by atoms with van der Waals surface area (Å²) in [6.45, 7) is 1.33. The molecule has 2 N–H and O–H groups in total. The zero-order valence-electron chi connectivity index (χ0n) is 15.8. The van der Waals surface area contributed by atoms with Crippen LogP contribution < -0.4 is 10.2 Å². The largest absolute Gasteiger partial charge is 0.495 e. The number of fused-ring (bicyclic) bond motifs is 1. The van der Waals surface area contributed by atoms with E-state index in [0.717, 1.165) is 0 Å². The lowest BCUT2D eigenvalue weighted by atomic mass is 9.99. The zero-order valence-corrected chi connectivity index (χ0v) is 16.5. The van der Waals surface area contributed by atoms with Gasteiger partial charge >= 0.3 is 5.97 Å². The molecule has 3 rings (SSSR count). The topological polar surface area (TPSA) is 88.8 Å². The second-order valence-corrected chi connectivity index (χ2v) is 7.01. The number of methoxy groups -OCH3 is 1. The third-order valence-electron chi connectivity index (χ3n) is 4.82. The number of aromatic nitrogens is 1. The van der Waals surface area contributed by atoms with E-state index in [1.165, 1.54) is 29.9 Å². The van der Waals surface area contributed by atoms with Gasteiger partial charge in [0.2, 0.25) is 5.43 Å². The Balaban J connectivity index is 2.48. The number of rotatable bonds is 6. The Labute approximate surface area is 170 Å². The number of aliphatic hydroxyl groups is 1. The summed E-state index contributed by atoms with van der Waals surface area (Å²) in [6.07, 6.45) is -0.207. The van der Waals surface area contributed by atoms with E-state index >= 15 is 0 Å². The summed E-state index contributed by atoms with van der Waals surface area (Å²) in [4.78, 5) is 25.1. The van der Waals surface area contributed by atoms with Crippen LogP contribution in [0.5, 0.6) is 5.75 Å². The van der Waals surface area contributed by atoms with Gasteiger partial charge < -0.3 is 19.5 Å². The number of para-hydroxylation sites is 1. The first-order valence-corrected chi connectivity index (χ1v) is 9.20. The first kappa shape index (κ1) is 20.8. The Hall–Kier alpha value is -2.90. The van der Waals surface area contributed by atoms with Crippen molar-refractivity contribution in [2.24, 2.45) is 0 Å². The maximum atomic E-state index is 14.6. The molecule has 152 valence electrons. The van der Waals surface area contributed by atoms with Crippen LogP contribution in [0.3, 0.4) is 0 Å². The van der Waals surface area contributed by atoms with Gasteiger partial charge in [0.05, 0.1) is 35.7 Å². The molecule has 8 heteroatoms. The highest BCUT2D eigenvalue weighted by Crippen LogP contribution is 2.31. The first-order chi connectivity index (χ1) is 13.8. The molecule has 6 nitrogen and oxygen atoms in total. The van der Waals surface area contributed by atoms with Gasteiger partial charge in [-0.1, -0.05) is 29.8 Å². The maximum Gasteiger partial charge on any atom is 0.341 e. The number of benzene rings is 2. The number of aliphatic hydroxyl groups excluding tert-OH is 1. The van der Waals surface area contributed by atoms with Crippen LogP contribution in [0.25, 0.3) is 10.9 Å². The van der Waals surface area contributed by atoms with Gasteiger partial charge in [-0.3, -0.25) is 4.79 Å². The van der Waals surface area contributed by atoms with Crippen LogP contribution in [-0.4, -0.2) is 34.5 Å². The SMILES string of the molecule is COc1cccc2c(=O)c(C(=O)O)c(Cc3cccc(Cl)c3F)n(C(C)CO)c12. The van der Waals surface area contributed by atoms with Crippen molar-refractivity contribution in [3.8, 4) is 5.75 Å². The first-order valence-electron chi connectivity index (χ1n) is 8.82. The summed E-state index contributed by atoms with van der Waals surface area (Å²) >= 11 is 5.87. The Morgan fingerprint density at radius 3 is 2.59 bits per heavy atom. The molecule has 1 aromatic heterocycles. The molecule has 0 saturated carbocycles. The lowest BCUT2D eigenvalue weighted by molar-refractivity contribution is 0.0693. The highest BCUT2D eigenvalue weighted by atomic mass is 35.5.